The molecule has 1 aliphatic rings. The molecule has 1 fully saturated rings. The highest BCUT2D eigenvalue weighted by Crippen LogP contribution is 2.31. The van der Waals surface area contributed by atoms with Gasteiger partial charge in [-0.2, -0.15) is 0 Å². The first kappa shape index (κ1) is 14.6. The van der Waals surface area contributed by atoms with Gasteiger partial charge in [0.25, 0.3) is 0 Å². The number of hydrogen-bond acceptors (Lipinski definition) is 3. The zero-order valence-electron chi connectivity index (χ0n) is 11.8. The highest BCUT2D eigenvalue weighted by Gasteiger charge is 2.24. The Balaban J connectivity index is 2.27. The molecule has 0 bridgehead atoms. The van der Waals surface area contributed by atoms with Crippen LogP contribution in [-0.4, -0.2) is 29.0 Å². The number of nitrogens with zero attached hydrogens (tertiary/aromatic N) is 2. The second-order valence-corrected chi connectivity index (χ2v) is 5.99. The van der Waals surface area contributed by atoms with E-state index in [2.05, 4.69) is 39.7 Å². The molecular formula is C15H23BrN2O. The maximum Gasteiger partial charge on any atom is 0.171 e. The van der Waals surface area contributed by atoms with Crippen molar-refractivity contribution in [1.82, 2.24) is 4.98 Å². The second kappa shape index (κ2) is 7.13. The summed E-state index contributed by atoms with van der Waals surface area (Å²) in [5.41, 5.74) is 0. The SMILES string of the molecule is CC(C)Oc1cccnc1N1CCCCCC1CBr. The van der Waals surface area contributed by atoms with Crippen LogP contribution in [0.15, 0.2) is 18.3 Å². The van der Waals surface area contributed by atoms with E-state index < -0.39 is 0 Å². The molecule has 0 aliphatic carbocycles. The lowest BCUT2D eigenvalue weighted by atomic mass is 10.1. The lowest BCUT2D eigenvalue weighted by Gasteiger charge is -2.31. The number of anilines is 1. The predicted molar refractivity (Wildman–Crippen MR) is 83.4 cm³/mol. The summed E-state index contributed by atoms with van der Waals surface area (Å²) in [6, 6.07) is 4.49. The van der Waals surface area contributed by atoms with Crippen LogP contribution in [0.2, 0.25) is 0 Å². The first-order valence-electron chi connectivity index (χ1n) is 7.16. The molecule has 1 aromatic heterocycles. The summed E-state index contributed by atoms with van der Waals surface area (Å²) in [5.74, 6) is 1.91. The van der Waals surface area contributed by atoms with E-state index in [1.807, 2.05) is 18.3 Å². The van der Waals surface area contributed by atoms with Crippen LogP contribution < -0.4 is 9.64 Å². The maximum atomic E-state index is 5.91. The van der Waals surface area contributed by atoms with Gasteiger partial charge in [-0.25, -0.2) is 4.98 Å². The van der Waals surface area contributed by atoms with Gasteiger partial charge in [0.1, 0.15) is 0 Å². The molecule has 0 N–H and O–H groups in total. The molecule has 19 heavy (non-hydrogen) atoms. The first-order chi connectivity index (χ1) is 9.22. The summed E-state index contributed by atoms with van der Waals surface area (Å²) in [5, 5.41) is 0.991. The van der Waals surface area contributed by atoms with E-state index in [9.17, 15) is 0 Å². The van der Waals surface area contributed by atoms with Crippen molar-refractivity contribution in [2.75, 3.05) is 16.8 Å². The average Bonchev–Trinajstić information content (AvgIpc) is 2.63. The van der Waals surface area contributed by atoms with Crippen LogP contribution in [0, 0.1) is 0 Å². The maximum absolute atomic E-state index is 5.91. The Hall–Kier alpha value is -0.770. The molecule has 3 nitrogen and oxygen atoms in total. The zero-order chi connectivity index (χ0) is 13.7. The number of alkyl halides is 1. The molecule has 2 rings (SSSR count). The predicted octanol–water partition coefficient (Wildman–Crippen LogP) is 4.01. The summed E-state index contributed by atoms with van der Waals surface area (Å²) < 4.78 is 5.91. The van der Waals surface area contributed by atoms with Gasteiger partial charge in [-0.3, -0.25) is 0 Å². The van der Waals surface area contributed by atoms with Crippen LogP contribution in [0.4, 0.5) is 5.82 Å². The van der Waals surface area contributed by atoms with Gasteiger partial charge in [0, 0.05) is 24.1 Å². The van der Waals surface area contributed by atoms with E-state index in [0.717, 1.165) is 23.4 Å². The molecule has 1 saturated heterocycles. The molecule has 2 heterocycles. The Morgan fingerprint density at radius 2 is 2.26 bits per heavy atom. The highest BCUT2D eigenvalue weighted by atomic mass is 79.9. The van der Waals surface area contributed by atoms with Crippen molar-refractivity contribution < 1.29 is 4.74 Å². The monoisotopic (exact) mass is 326 g/mol. The van der Waals surface area contributed by atoms with Crippen molar-refractivity contribution in [1.29, 1.82) is 0 Å². The van der Waals surface area contributed by atoms with Crippen LogP contribution in [0.25, 0.3) is 0 Å². The number of hydrogen-bond donors (Lipinski definition) is 0. The minimum absolute atomic E-state index is 0.178. The van der Waals surface area contributed by atoms with Gasteiger partial charge in [0.05, 0.1) is 6.10 Å². The van der Waals surface area contributed by atoms with Crippen LogP contribution in [0.3, 0.4) is 0 Å². The fourth-order valence-corrected chi connectivity index (χ4v) is 3.23. The molecule has 1 aliphatic heterocycles. The highest BCUT2D eigenvalue weighted by molar-refractivity contribution is 9.09. The van der Waals surface area contributed by atoms with Gasteiger partial charge in [0.2, 0.25) is 0 Å². The smallest absolute Gasteiger partial charge is 0.171 e. The van der Waals surface area contributed by atoms with Crippen molar-refractivity contribution in [2.45, 2.75) is 51.7 Å². The van der Waals surface area contributed by atoms with E-state index in [1.54, 1.807) is 0 Å². The first-order valence-corrected chi connectivity index (χ1v) is 8.28. The number of ether oxygens (including phenoxy) is 1. The third-order valence-corrected chi connectivity index (χ3v) is 4.19. The van der Waals surface area contributed by atoms with E-state index in [0.29, 0.717) is 6.04 Å². The van der Waals surface area contributed by atoms with E-state index in [1.165, 1.54) is 25.7 Å². The largest absolute Gasteiger partial charge is 0.487 e. The molecule has 0 amide bonds. The van der Waals surface area contributed by atoms with Crippen LogP contribution in [-0.2, 0) is 0 Å². The standard InChI is InChI=1S/C15H23BrN2O/c1-12(2)19-14-8-6-9-17-15(14)18-10-5-3-4-7-13(18)11-16/h6,8-9,12-13H,3-5,7,10-11H2,1-2H3. The van der Waals surface area contributed by atoms with Crippen molar-refractivity contribution in [2.24, 2.45) is 0 Å². The van der Waals surface area contributed by atoms with Crippen LogP contribution in [0.1, 0.15) is 39.5 Å². The average molecular weight is 327 g/mol. The zero-order valence-corrected chi connectivity index (χ0v) is 13.4. The molecule has 4 heteroatoms. The van der Waals surface area contributed by atoms with Gasteiger partial charge >= 0.3 is 0 Å². The van der Waals surface area contributed by atoms with E-state index in [4.69, 9.17) is 4.74 Å². The summed E-state index contributed by atoms with van der Waals surface area (Å²) in [6.07, 6.45) is 7.12. The Labute approximate surface area is 124 Å². The topological polar surface area (TPSA) is 25.4 Å². The van der Waals surface area contributed by atoms with Gasteiger partial charge < -0.3 is 9.64 Å². The van der Waals surface area contributed by atoms with Crippen molar-refractivity contribution in [3.63, 3.8) is 0 Å². The normalized spacial score (nSPS) is 20.4. The Morgan fingerprint density at radius 3 is 3.00 bits per heavy atom. The van der Waals surface area contributed by atoms with Gasteiger partial charge in [-0.1, -0.05) is 28.8 Å². The number of halogens is 1. The molecule has 1 atom stereocenters. The molecule has 1 unspecified atom stereocenters. The summed E-state index contributed by atoms with van der Waals surface area (Å²) >= 11 is 3.65. The Bertz CT molecular complexity index is 397. The van der Waals surface area contributed by atoms with Crippen molar-refractivity contribution in [3.05, 3.63) is 18.3 Å². The lowest BCUT2D eigenvalue weighted by Crippen LogP contribution is -2.37. The van der Waals surface area contributed by atoms with Crippen molar-refractivity contribution >= 4 is 21.7 Å². The molecular weight excluding hydrogens is 304 g/mol. The number of rotatable bonds is 4. The van der Waals surface area contributed by atoms with Gasteiger partial charge in [-0.15, -0.1) is 0 Å². The Kier molecular flexibility index (Phi) is 5.49. The third-order valence-electron chi connectivity index (χ3n) is 3.44. The van der Waals surface area contributed by atoms with Crippen molar-refractivity contribution in [3.8, 4) is 5.75 Å². The van der Waals surface area contributed by atoms with Crippen LogP contribution >= 0.6 is 15.9 Å². The summed E-state index contributed by atoms with van der Waals surface area (Å²) in [6.45, 7) is 5.18. The number of aromatic nitrogens is 1. The fourth-order valence-electron chi connectivity index (χ4n) is 2.56. The van der Waals surface area contributed by atoms with E-state index in [-0.39, 0.29) is 6.10 Å². The minimum Gasteiger partial charge on any atom is -0.487 e. The van der Waals surface area contributed by atoms with Gasteiger partial charge in [0.15, 0.2) is 11.6 Å². The van der Waals surface area contributed by atoms with Gasteiger partial charge in [-0.05, 0) is 38.8 Å². The molecule has 0 aromatic carbocycles. The quantitative estimate of drug-likeness (QED) is 0.781. The minimum atomic E-state index is 0.178. The summed E-state index contributed by atoms with van der Waals surface area (Å²) in [4.78, 5) is 6.99. The third kappa shape index (κ3) is 3.85. The molecule has 0 radical (unpaired) electrons. The number of pyridine rings is 1. The lowest BCUT2D eigenvalue weighted by molar-refractivity contribution is 0.241. The molecule has 106 valence electrons. The Morgan fingerprint density at radius 1 is 1.42 bits per heavy atom. The molecule has 0 spiro atoms. The second-order valence-electron chi connectivity index (χ2n) is 5.34. The van der Waals surface area contributed by atoms with Crippen LogP contribution in [0.5, 0.6) is 5.75 Å². The van der Waals surface area contributed by atoms with E-state index >= 15 is 0 Å². The molecule has 1 aromatic rings. The summed E-state index contributed by atoms with van der Waals surface area (Å²) in [7, 11) is 0. The molecule has 0 saturated carbocycles. The fraction of sp³-hybridized carbons (Fsp3) is 0.667.